The molecule has 0 atom stereocenters. The number of nitrogens with zero attached hydrogens (tertiary/aromatic N) is 1. The van der Waals surface area contributed by atoms with E-state index in [0.29, 0.717) is 0 Å². The third kappa shape index (κ3) is 2.22. The Balaban J connectivity index is 3.47. The van der Waals surface area contributed by atoms with Crippen LogP contribution < -0.4 is 4.57 Å². The minimum atomic E-state index is -0.106. The van der Waals surface area contributed by atoms with Crippen LogP contribution in [0.25, 0.3) is 0 Å². The topological polar surface area (TPSA) is 44.3 Å². The molecule has 0 amide bonds. The normalized spacial score (nSPS) is 12.1. The lowest BCUT2D eigenvalue weighted by atomic mass is 10.0. The molecule has 0 bridgehead atoms. The Morgan fingerprint density at radius 2 is 1.73 bits per heavy atom. The highest BCUT2D eigenvalue weighted by molar-refractivity contribution is 5.38. The van der Waals surface area contributed by atoms with Gasteiger partial charge < -0.3 is 10.2 Å². The molecule has 1 heterocycles. The second kappa shape index (κ2) is 3.72. The van der Waals surface area contributed by atoms with Gasteiger partial charge in [-0.15, -0.1) is 0 Å². The van der Waals surface area contributed by atoms with Gasteiger partial charge in [-0.2, -0.15) is 4.57 Å². The molecule has 0 saturated heterocycles. The summed E-state index contributed by atoms with van der Waals surface area (Å²) in [4.78, 5) is 0. The van der Waals surface area contributed by atoms with Gasteiger partial charge in [0.15, 0.2) is 17.5 Å². The molecule has 0 aliphatic heterocycles. The van der Waals surface area contributed by atoms with E-state index in [1.54, 1.807) is 0 Å². The molecule has 84 valence electrons. The molecule has 15 heavy (non-hydrogen) atoms. The summed E-state index contributed by atoms with van der Waals surface area (Å²) in [5, 5.41) is 19.3. The lowest BCUT2D eigenvalue weighted by Gasteiger charge is -2.19. The van der Waals surface area contributed by atoms with Crippen LogP contribution in [-0.2, 0) is 5.54 Å². The minimum absolute atomic E-state index is 0.0116. The van der Waals surface area contributed by atoms with Crippen LogP contribution in [0.15, 0.2) is 12.3 Å². The van der Waals surface area contributed by atoms with Crippen molar-refractivity contribution in [1.82, 2.24) is 0 Å². The molecule has 1 aromatic heterocycles. The third-order valence-electron chi connectivity index (χ3n) is 2.40. The van der Waals surface area contributed by atoms with Crippen molar-refractivity contribution in [1.29, 1.82) is 0 Å². The van der Waals surface area contributed by atoms with Gasteiger partial charge in [-0.3, -0.25) is 0 Å². The molecular formula is C12H20NO2+. The Morgan fingerprint density at radius 1 is 1.20 bits per heavy atom. The minimum Gasteiger partial charge on any atom is -0.504 e. The van der Waals surface area contributed by atoms with E-state index >= 15 is 0 Å². The smallest absolute Gasteiger partial charge is 0.230 e. The summed E-state index contributed by atoms with van der Waals surface area (Å²) in [6.45, 7) is 10.2. The molecule has 0 fully saturated rings. The summed E-state index contributed by atoms with van der Waals surface area (Å²) in [6, 6.07) is 1.52. The molecule has 0 radical (unpaired) electrons. The number of aromatic hydroxyl groups is 2. The molecule has 3 heteroatoms. The van der Waals surface area contributed by atoms with Gasteiger partial charge >= 0.3 is 0 Å². The van der Waals surface area contributed by atoms with Crippen molar-refractivity contribution >= 4 is 0 Å². The first-order valence-electron chi connectivity index (χ1n) is 5.22. The van der Waals surface area contributed by atoms with E-state index in [0.717, 1.165) is 5.69 Å². The Bertz CT molecular complexity index is 365. The van der Waals surface area contributed by atoms with Crippen molar-refractivity contribution in [3.8, 4) is 11.5 Å². The number of pyridine rings is 1. The van der Waals surface area contributed by atoms with E-state index in [1.165, 1.54) is 6.07 Å². The first kappa shape index (κ1) is 11.8. The van der Waals surface area contributed by atoms with E-state index in [4.69, 9.17) is 0 Å². The van der Waals surface area contributed by atoms with Crippen molar-refractivity contribution in [3.63, 3.8) is 0 Å². The zero-order valence-electron chi connectivity index (χ0n) is 10.1. The quantitative estimate of drug-likeness (QED) is 0.698. The fourth-order valence-corrected chi connectivity index (χ4v) is 1.69. The summed E-state index contributed by atoms with van der Waals surface area (Å²) in [5.41, 5.74) is 0.660. The van der Waals surface area contributed by atoms with Crippen LogP contribution in [0.1, 0.15) is 46.2 Å². The van der Waals surface area contributed by atoms with Crippen LogP contribution in [0.3, 0.4) is 0 Å². The van der Waals surface area contributed by atoms with Gasteiger partial charge in [0.25, 0.3) is 0 Å². The number of hydrogen-bond donors (Lipinski definition) is 2. The van der Waals surface area contributed by atoms with E-state index in [9.17, 15) is 10.2 Å². The first-order valence-corrected chi connectivity index (χ1v) is 5.22. The van der Waals surface area contributed by atoms with E-state index in [-0.39, 0.29) is 23.0 Å². The first-order chi connectivity index (χ1) is 6.75. The maximum Gasteiger partial charge on any atom is 0.230 e. The summed E-state index contributed by atoms with van der Waals surface area (Å²) in [5.74, 6) is 0.0953. The predicted octanol–water partition coefficient (Wildman–Crippen LogP) is 2.26. The van der Waals surface area contributed by atoms with Crippen LogP contribution >= 0.6 is 0 Å². The van der Waals surface area contributed by atoms with Crippen LogP contribution in [0, 0.1) is 0 Å². The summed E-state index contributed by atoms with van der Waals surface area (Å²) in [7, 11) is 0. The van der Waals surface area contributed by atoms with E-state index < -0.39 is 0 Å². The van der Waals surface area contributed by atoms with Gasteiger partial charge in [-0.25, -0.2) is 0 Å². The van der Waals surface area contributed by atoms with Crippen molar-refractivity contribution in [3.05, 3.63) is 18.0 Å². The van der Waals surface area contributed by atoms with E-state index in [1.807, 2.05) is 24.6 Å². The molecule has 2 N–H and O–H groups in total. The van der Waals surface area contributed by atoms with Crippen LogP contribution in [0.5, 0.6) is 11.5 Å². The van der Waals surface area contributed by atoms with Gasteiger partial charge in [0.1, 0.15) is 0 Å². The fraction of sp³-hybridized carbons (Fsp3) is 0.583. The summed E-state index contributed by atoms with van der Waals surface area (Å²) < 4.78 is 1.99. The van der Waals surface area contributed by atoms with Crippen molar-refractivity contribution in [2.24, 2.45) is 0 Å². The highest BCUT2D eigenvalue weighted by Gasteiger charge is 2.31. The second-order valence-corrected chi connectivity index (χ2v) is 5.13. The lowest BCUT2D eigenvalue weighted by molar-refractivity contribution is -0.761. The van der Waals surface area contributed by atoms with Gasteiger partial charge in [0.2, 0.25) is 11.4 Å². The van der Waals surface area contributed by atoms with Crippen molar-refractivity contribution in [2.75, 3.05) is 0 Å². The molecule has 0 aliphatic rings. The lowest BCUT2D eigenvalue weighted by Crippen LogP contribution is -2.53. The molecule has 0 aliphatic carbocycles. The third-order valence-corrected chi connectivity index (χ3v) is 2.40. The van der Waals surface area contributed by atoms with Gasteiger partial charge in [-0.05, 0) is 0 Å². The fourth-order valence-electron chi connectivity index (χ4n) is 1.69. The maximum atomic E-state index is 9.84. The monoisotopic (exact) mass is 210 g/mol. The van der Waals surface area contributed by atoms with Crippen molar-refractivity contribution in [2.45, 2.75) is 46.1 Å². The van der Waals surface area contributed by atoms with Gasteiger partial charge in [-0.1, -0.05) is 13.8 Å². The summed E-state index contributed by atoms with van der Waals surface area (Å²) in [6.07, 6.45) is 1.81. The Hall–Kier alpha value is -1.25. The van der Waals surface area contributed by atoms with Crippen LogP contribution in [0.4, 0.5) is 0 Å². The summed E-state index contributed by atoms with van der Waals surface area (Å²) >= 11 is 0. The Labute approximate surface area is 91.0 Å². The highest BCUT2D eigenvalue weighted by Crippen LogP contribution is 2.31. The largest absolute Gasteiger partial charge is 0.504 e. The predicted molar refractivity (Wildman–Crippen MR) is 59.1 cm³/mol. The molecule has 1 rings (SSSR count). The number of hydrogen-bond acceptors (Lipinski definition) is 2. The molecule has 0 spiro atoms. The molecule has 1 aromatic rings. The molecule has 3 nitrogen and oxygen atoms in total. The standard InChI is InChI=1S/C12H19NO2/c1-8(2)10-11(15)9(14)6-7-13(10)12(3,4)5/h6-8,15H,1-5H3/p+1. The number of aromatic nitrogens is 1. The SMILES string of the molecule is CC(C)c1c(O)c(O)cc[n+]1C(C)(C)C. The average molecular weight is 210 g/mol. The molecular weight excluding hydrogens is 190 g/mol. The average Bonchev–Trinajstić information content (AvgIpc) is 2.06. The van der Waals surface area contributed by atoms with E-state index in [2.05, 4.69) is 20.8 Å². The zero-order valence-corrected chi connectivity index (χ0v) is 10.1. The molecule has 0 unspecified atom stereocenters. The zero-order chi connectivity index (χ0) is 11.8. The molecule has 0 saturated carbocycles. The number of rotatable bonds is 1. The van der Waals surface area contributed by atoms with Crippen LogP contribution in [-0.4, -0.2) is 10.2 Å². The maximum absolute atomic E-state index is 9.84. The second-order valence-electron chi connectivity index (χ2n) is 5.13. The van der Waals surface area contributed by atoms with Crippen LogP contribution in [0.2, 0.25) is 0 Å². The van der Waals surface area contributed by atoms with Gasteiger partial charge in [0.05, 0.1) is 0 Å². The molecule has 0 aromatic carbocycles. The highest BCUT2D eigenvalue weighted by atomic mass is 16.3. The Morgan fingerprint density at radius 3 is 2.13 bits per heavy atom. The van der Waals surface area contributed by atoms with Gasteiger partial charge in [0, 0.05) is 32.8 Å². The Kier molecular flexibility index (Phi) is 2.93. The van der Waals surface area contributed by atoms with Crippen molar-refractivity contribution < 1.29 is 14.8 Å².